The van der Waals surface area contributed by atoms with Gasteiger partial charge >= 0.3 is 6.18 Å². The zero-order chi connectivity index (χ0) is 10.6. The molecule has 0 atom stereocenters. The zero-order valence-corrected chi connectivity index (χ0v) is 9.33. The smallest absolute Gasteiger partial charge is 0.328 e. The van der Waals surface area contributed by atoms with Crippen molar-refractivity contribution in [1.82, 2.24) is 5.32 Å². The first-order chi connectivity index (χ1) is 6.47. The van der Waals surface area contributed by atoms with Crippen molar-refractivity contribution in [2.45, 2.75) is 37.9 Å². The molecule has 1 saturated carbocycles. The van der Waals surface area contributed by atoms with Gasteiger partial charge in [0.25, 0.3) is 0 Å². The number of nitrogens with one attached hydrogen (secondary N) is 1. The summed E-state index contributed by atoms with van der Waals surface area (Å²) in [6, 6.07) is 0.258. The number of hydrogen-bond acceptors (Lipinski definition) is 2. The molecule has 0 heterocycles. The Balaban J connectivity index is 0.00000196. The lowest BCUT2D eigenvalue weighted by Crippen LogP contribution is -2.35. The molecule has 3 N–H and O–H groups in total. The second-order valence-electron chi connectivity index (χ2n) is 4.03. The van der Waals surface area contributed by atoms with Crippen LogP contribution >= 0.6 is 12.4 Å². The van der Waals surface area contributed by atoms with Crippen molar-refractivity contribution >= 4 is 12.4 Å². The lowest BCUT2D eigenvalue weighted by molar-refractivity contribution is -0.125. The zero-order valence-electron chi connectivity index (χ0n) is 8.52. The Morgan fingerprint density at radius 3 is 2.13 bits per heavy atom. The normalized spacial score (nSPS) is 27.2. The highest BCUT2D eigenvalue weighted by Gasteiger charge is 2.27. The second-order valence-corrected chi connectivity index (χ2v) is 4.03. The van der Waals surface area contributed by atoms with Gasteiger partial charge in [-0.3, -0.25) is 0 Å². The lowest BCUT2D eigenvalue weighted by Gasteiger charge is -2.26. The fourth-order valence-corrected chi connectivity index (χ4v) is 1.81. The molecule has 0 amide bonds. The summed E-state index contributed by atoms with van der Waals surface area (Å²) in [5.74, 6) is 0.372. The van der Waals surface area contributed by atoms with E-state index >= 15 is 0 Å². The van der Waals surface area contributed by atoms with Crippen LogP contribution in [0.25, 0.3) is 0 Å². The number of halogens is 4. The highest BCUT2D eigenvalue weighted by Crippen LogP contribution is 2.22. The van der Waals surface area contributed by atoms with Gasteiger partial charge in [0.2, 0.25) is 0 Å². The summed E-state index contributed by atoms with van der Waals surface area (Å²) in [5, 5.41) is 2.44. The molecular weight excluding hydrogens is 229 g/mol. The Kier molecular flexibility index (Phi) is 6.55. The summed E-state index contributed by atoms with van der Waals surface area (Å²) in [5.41, 5.74) is 5.69. The van der Waals surface area contributed by atoms with E-state index in [0.29, 0.717) is 12.5 Å². The van der Waals surface area contributed by atoms with Gasteiger partial charge in [0.05, 0.1) is 6.54 Å². The molecule has 0 radical (unpaired) electrons. The van der Waals surface area contributed by atoms with Crippen molar-refractivity contribution in [3.63, 3.8) is 0 Å². The molecule has 0 aliphatic heterocycles. The first-order valence-electron chi connectivity index (χ1n) is 5.00. The van der Waals surface area contributed by atoms with E-state index in [0.717, 1.165) is 25.7 Å². The molecule has 0 aromatic rings. The minimum absolute atomic E-state index is 0. The summed E-state index contributed by atoms with van der Waals surface area (Å²) >= 11 is 0. The van der Waals surface area contributed by atoms with Crippen molar-refractivity contribution < 1.29 is 13.2 Å². The van der Waals surface area contributed by atoms with Gasteiger partial charge in [-0.05, 0) is 38.1 Å². The van der Waals surface area contributed by atoms with Crippen molar-refractivity contribution in [3.05, 3.63) is 0 Å². The summed E-state index contributed by atoms with van der Waals surface area (Å²) in [6.45, 7) is -0.415. The van der Waals surface area contributed by atoms with Crippen LogP contribution in [0.3, 0.4) is 0 Å². The van der Waals surface area contributed by atoms with Gasteiger partial charge in [0.1, 0.15) is 0 Å². The van der Waals surface area contributed by atoms with Crippen LogP contribution in [0.2, 0.25) is 0 Å². The molecule has 0 aromatic heterocycles. The van der Waals surface area contributed by atoms with Crippen LogP contribution in [0.1, 0.15) is 25.7 Å². The van der Waals surface area contributed by atoms with Gasteiger partial charge in [0, 0.05) is 6.04 Å². The number of nitrogens with two attached hydrogens (primary N) is 1. The maximum Gasteiger partial charge on any atom is 0.401 e. The van der Waals surface area contributed by atoms with Crippen LogP contribution in [0.5, 0.6) is 0 Å². The van der Waals surface area contributed by atoms with Gasteiger partial charge in [-0.15, -0.1) is 12.4 Å². The summed E-state index contributed by atoms with van der Waals surface area (Å²) < 4.78 is 35.4. The van der Waals surface area contributed by atoms with E-state index in [2.05, 4.69) is 5.32 Å². The second kappa shape index (κ2) is 6.55. The first-order valence-corrected chi connectivity index (χ1v) is 5.00. The lowest BCUT2D eigenvalue weighted by atomic mass is 9.86. The third-order valence-electron chi connectivity index (χ3n) is 2.65. The summed E-state index contributed by atoms with van der Waals surface area (Å²) in [7, 11) is 0. The van der Waals surface area contributed by atoms with E-state index in [9.17, 15) is 13.2 Å². The van der Waals surface area contributed by atoms with Crippen molar-refractivity contribution in [1.29, 1.82) is 0 Å². The van der Waals surface area contributed by atoms with Crippen LogP contribution in [0.15, 0.2) is 0 Å². The van der Waals surface area contributed by atoms with Crippen molar-refractivity contribution in [2.24, 2.45) is 11.7 Å². The first kappa shape index (κ1) is 15.0. The largest absolute Gasteiger partial charge is 0.401 e. The molecule has 15 heavy (non-hydrogen) atoms. The molecule has 0 bridgehead atoms. The molecule has 1 aliphatic rings. The van der Waals surface area contributed by atoms with Gasteiger partial charge in [-0.2, -0.15) is 13.2 Å². The van der Waals surface area contributed by atoms with Crippen molar-refractivity contribution in [3.8, 4) is 0 Å². The topological polar surface area (TPSA) is 38.0 Å². The molecule has 92 valence electrons. The molecule has 0 unspecified atom stereocenters. The molecule has 2 nitrogen and oxygen atoms in total. The predicted molar refractivity (Wildman–Crippen MR) is 56.1 cm³/mol. The molecular formula is C9H18ClF3N2. The Hall–Kier alpha value is -0.0000000000000000555. The average molecular weight is 247 g/mol. The van der Waals surface area contributed by atoms with Gasteiger partial charge in [0.15, 0.2) is 0 Å². The van der Waals surface area contributed by atoms with Gasteiger partial charge < -0.3 is 11.1 Å². The quantitative estimate of drug-likeness (QED) is 0.800. The SMILES string of the molecule is Cl.N[C@H]1CC[C@H](CNCC(F)(F)F)CC1. The van der Waals surface area contributed by atoms with Gasteiger partial charge in [-0.1, -0.05) is 0 Å². The molecule has 0 spiro atoms. The fraction of sp³-hybridized carbons (Fsp3) is 1.00. The minimum atomic E-state index is -4.09. The highest BCUT2D eigenvalue weighted by atomic mass is 35.5. The van der Waals surface area contributed by atoms with Crippen LogP contribution < -0.4 is 11.1 Å². The highest BCUT2D eigenvalue weighted by molar-refractivity contribution is 5.85. The minimum Gasteiger partial charge on any atom is -0.328 e. The van der Waals surface area contributed by atoms with Crippen LogP contribution in [-0.2, 0) is 0 Å². The van der Waals surface area contributed by atoms with E-state index in [1.807, 2.05) is 0 Å². The number of rotatable bonds is 3. The van der Waals surface area contributed by atoms with E-state index < -0.39 is 12.7 Å². The Labute approximate surface area is 94.2 Å². The van der Waals surface area contributed by atoms with E-state index in [1.165, 1.54) is 0 Å². The number of alkyl halides is 3. The molecule has 6 heteroatoms. The standard InChI is InChI=1S/C9H17F3N2.ClH/c10-9(11,12)6-14-5-7-1-3-8(13)4-2-7;/h7-8,14H,1-6,13H2;1H/t7-,8-;. The molecule has 1 fully saturated rings. The van der Waals surface area contributed by atoms with Crippen LogP contribution in [0.4, 0.5) is 13.2 Å². The van der Waals surface area contributed by atoms with E-state index in [1.54, 1.807) is 0 Å². The third kappa shape index (κ3) is 6.98. The van der Waals surface area contributed by atoms with E-state index in [4.69, 9.17) is 5.73 Å². The monoisotopic (exact) mass is 246 g/mol. The molecule has 0 saturated heterocycles. The van der Waals surface area contributed by atoms with Crippen molar-refractivity contribution in [2.75, 3.05) is 13.1 Å². The third-order valence-corrected chi connectivity index (χ3v) is 2.65. The Bertz CT molecular complexity index is 167. The maximum atomic E-state index is 11.8. The molecule has 1 aliphatic carbocycles. The van der Waals surface area contributed by atoms with Crippen LogP contribution in [0, 0.1) is 5.92 Å². The van der Waals surface area contributed by atoms with Crippen LogP contribution in [-0.4, -0.2) is 25.3 Å². The molecule has 0 aromatic carbocycles. The number of hydrogen-bond donors (Lipinski definition) is 2. The summed E-state index contributed by atoms with van der Waals surface area (Å²) in [4.78, 5) is 0. The van der Waals surface area contributed by atoms with E-state index in [-0.39, 0.29) is 18.4 Å². The fourth-order valence-electron chi connectivity index (χ4n) is 1.81. The average Bonchev–Trinajstić information content (AvgIpc) is 2.06. The predicted octanol–water partition coefficient (Wildman–Crippen LogP) is 2.08. The Morgan fingerprint density at radius 1 is 1.13 bits per heavy atom. The molecule has 1 rings (SSSR count). The summed E-state index contributed by atoms with van der Waals surface area (Å²) in [6.07, 6.45) is -0.306. The Morgan fingerprint density at radius 2 is 1.67 bits per heavy atom. The van der Waals surface area contributed by atoms with Gasteiger partial charge in [-0.25, -0.2) is 0 Å². The maximum absolute atomic E-state index is 11.8.